The van der Waals surface area contributed by atoms with Gasteiger partial charge in [0, 0.05) is 16.8 Å². The molecule has 10 heteroatoms. The lowest BCUT2D eigenvalue weighted by Crippen LogP contribution is -2.38. The lowest BCUT2D eigenvalue weighted by Gasteiger charge is -2.24. The molecule has 0 heterocycles. The Morgan fingerprint density at radius 2 is 1.61 bits per heavy atom. The van der Waals surface area contributed by atoms with E-state index >= 15 is 0 Å². The third kappa shape index (κ3) is 5.68. The maximum Gasteiger partial charge on any atom is 0.264 e. The van der Waals surface area contributed by atoms with Crippen LogP contribution in [-0.2, 0) is 14.8 Å². The Morgan fingerprint density at radius 3 is 2.21 bits per heavy atom. The molecule has 1 N–H and O–H groups in total. The summed E-state index contributed by atoms with van der Waals surface area (Å²) in [4.78, 5) is 12.7. The number of ether oxygens (including phenoxy) is 3. The van der Waals surface area contributed by atoms with Crippen LogP contribution < -0.4 is 23.8 Å². The topological polar surface area (TPSA) is 94.2 Å². The highest BCUT2D eigenvalue weighted by Crippen LogP contribution is 2.32. The summed E-state index contributed by atoms with van der Waals surface area (Å²) in [6, 6.07) is 17.1. The number of benzene rings is 3. The lowest BCUT2D eigenvalue weighted by molar-refractivity contribution is -0.114. The minimum Gasteiger partial charge on any atom is -0.497 e. The molecular formula is C23H23ClN2O6S. The van der Waals surface area contributed by atoms with Crippen LogP contribution in [0, 0.1) is 0 Å². The molecule has 0 aromatic heterocycles. The van der Waals surface area contributed by atoms with E-state index in [1.54, 1.807) is 48.5 Å². The Labute approximate surface area is 197 Å². The maximum atomic E-state index is 13.6. The van der Waals surface area contributed by atoms with E-state index in [2.05, 4.69) is 5.32 Å². The average Bonchev–Trinajstić information content (AvgIpc) is 2.82. The molecule has 0 bridgehead atoms. The van der Waals surface area contributed by atoms with Crippen LogP contribution in [0.3, 0.4) is 0 Å². The quantitative estimate of drug-likeness (QED) is 0.483. The second-order valence-corrected chi connectivity index (χ2v) is 9.08. The number of hydrogen-bond donors (Lipinski definition) is 1. The van der Waals surface area contributed by atoms with E-state index < -0.39 is 22.5 Å². The number of sulfonamides is 1. The Morgan fingerprint density at radius 1 is 0.909 bits per heavy atom. The van der Waals surface area contributed by atoms with Gasteiger partial charge in [-0.2, -0.15) is 0 Å². The number of carbonyl (C=O) groups excluding carboxylic acids is 1. The normalized spacial score (nSPS) is 10.9. The first kappa shape index (κ1) is 24.2. The molecule has 0 saturated carbocycles. The zero-order chi connectivity index (χ0) is 24.0. The van der Waals surface area contributed by atoms with Gasteiger partial charge in [0.2, 0.25) is 5.91 Å². The predicted molar refractivity (Wildman–Crippen MR) is 127 cm³/mol. The van der Waals surface area contributed by atoms with E-state index in [-0.39, 0.29) is 16.3 Å². The van der Waals surface area contributed by atoms with Crippen LogP contribution in [0.15, 0.2) is 71.6 Å². The summed E-state index contributed by atoms with van der Waals surface area (Å²) < 4.78 is 43.8. The first-order valence-electron chi connectivity index (χ1n) is 9.72. The standard InChI is InChI=1S/C23H23ClN2O6S/c1-30-19-9-7-18(8-10-19)26(15-23(27)25-17-6-4-5-16(24)13-17)33(28,29)20-11-12-21(31-2)22(14-20)32-3/h4-14H,15H2,1-3H3,(H,25,27). The van der Waals surface area contributed by atoms with Crippen molar-refractivity contribution in [3.63, 3.8) is 0 Å². The number of rotatable bonds is 9. The van der Waals surface area contributed by atoms with Crippen LogP contribution in [0.5, 0.6) is 17.2 Å². The number of halogens is 1. The Hall–Kier alpha value is -3.43. The van der Waals surface area contributed by atoms with Gasteiger partial charge in [-0.1, -0.05) is 17.7 Å². The summed E-state index contributed by atoms with van der Waals surface area (Å²) in [5.74, 6) is 0.630. The first-order chi connectivity index (χ1) is 15.8. The molecule has 0 radical (unpaired) electrons. The minimum absolute atomic E-state index is 0.0634. The molecular weight excluding hydrogens is 468 g/mol. The van der Waals surface area contributed by atoms with Crippen molar-refractivity contribution in [1.82, 2.24) is 0 Å². The molecule has 174 valence electrons. The summed E-state index contributed by atoms with van der Waals surface area (Å²) in [6.07, 6.45) is 0. The van der Waals surface area contributed by atoms with Gasteiger partial charge in [-0.3, -0.25) is 9.10 Å². The molecule has 0 fully saturated rings. The highest BCUT2D eigenvalue weighted by atomic mass is 35.5. The van der Waals surface area contributed by atoms with Gasteiger partial charge in [0.15, 0.2) is 11.5 Å². The SMILES string of the molecule is COc1ccc(N(CC(=O)Nc2cccc(Cl)c2)S(=O)(=O)c2ccc(OC)c(OC)c2)cc1. The fourth-order valence-corrected chi connectivity index (χ4v) is 4.69. The van der Waals surface area contributed by atoms with Crippen LogP contribution in [-0.4, -0.2) is 42.2 Å². The molecule has 0 atom stereocenters. The van der Waals surface area contributed by atoms with Gasteiger partial charge >= 0.3 is 0 Å². The summed E-state index contributed by atoms with van der Waals surface area (Å²) in [7, 11) is 0.214. The third-order valence-electron chi connectivity index (χ3n) is 4.70. The Bertz CT molecular complexity index is 1230. The van der Waals surface area contributed by atoms with Gasteiger partial charge in [0.05, 0.1) is 31.9 Å². The van der Waals surface area contributed by atoms with Crippen molar-refractivity contribution >= 4 is 38.9 Å². The molecule has 1 amide bonds. The molecule has 0 aliphatic rings. The Kier molecular flexibility index (Phi) is 7.67. The zero-order valence-electron chi connectivity index (χ0n) is 18.2. The molecule has 3 rings (SSSR count). The van der Waals surface area contributed by atoms with Crippen LogP contribution in [0.25, 0.3) is 0 Å². The Balaban J connectivity index is 1.99. The van der Waals surface area contributed by atoms with E-state index in [4.69, 9.17) is 25.8 Å². The van der Waals surface area contributed by atoms with Crippen molar-refractivity contribution in [2.24, 2.45) is 0 Å². The number of hydrogen-bond acceptors (Lipinski definition) is 6. The summed E-state index contributed by atoms with van der Waals surface area (Å²) in [5, 5.41) is 3.11. The fourth-order valence-electron chi connectivity index (χ4n) is 3.06. The van der Waals surface area contributed by atoms with Gasteiger partial charge in [0.25, 0.3) is 10.0 Å². The number of methoxy groups -OCH3 is 3. The molecule has 0 spiro atoms. The van der Waals surface area contributed by atoms with Crippen molar-refractivity contribution in [2.45, 2.75) is 4.90 Å². The second kappa shape index (κ2) is 10.5. The summed E-state index contributed by atoms with van der Waals surface area (Å²) in [6.45, 7) is -0.477. The van der Waals surface area contributed by atoms with E-state index in [0.29, 0.717) is 22.2 Å². The van der Waals surface area contributed by atoms with Crippen molar-refractivity contribution < 1.29 is 27.4 Å². The van der Waals surface area contributed by atoms with E-state index in [1.807, 2.05) is 0 Å². The molecule has 0 aliphatic heterocycles. The number of amides is 1. The van der Waals surface area contributed by atoms with Crippen molar-refractivity contribution in [3.8, 4) is 17.2 Å². The van der Waals surface area contributed by atoms with Crippen LogP contribution >= 0.6 is 11.6 Å². The maximum absolute atomic E-state index is 13.6. The van der Waals surface area contributed by atoms with Crippen LogP contribution in [0.4, 0.5) is 11.4 Å². The number of nitrogens with zero attached hydrogens (tertiary/aromatic N) is 1. The van der Waals surface area contributed by atoms with Gasteiger partial charge < -0.3 is 19.5 Å². The van der Waals surface area contributed by atoms with E-state index in [1.165, 1.54) is 39.5 Å². The molecule has 0 aliphatic carbocycles. The van der Waals surface area contributed by atoms with Crippen molar-refractivity contribution in [2.75, 3.05) is 37.5 Å². The van der Waals surface area contributed by atoms with Gasteiger partial charge in [-0.25, -0.2) is 8.42 Å². The van der Waals surface area contributed by atoms with Gasteiger partial charge in [-0.15, -0.1) is 0 Å². The average molecular weight is 491 g/mol. The minimum atomic E-state index is -4.16. The largest absolute Gasteiger partial charge is 0.497 e. The van der Waals surface area contributed by atoms with E-state index in [0.717, 1.165) is 4.31 Å². The smallest absolute Gasteiger partial charge is 0.264 e. The highest BCUT2D eigenvalue weighted by Gasteiger charge is 2.28. The van der Waals surface area contributed by atoms with E-state index in [9.17, 15) is 13.2 Å². The lowest BCUT2D eigenvalue weighted by atomic mass is 10.3. The molecule has 3 aromatic rings. The summed E-state index contributed by atoms with van der Waals surface area (Å²) >= 11 is 5.97. The number of carbonyl (C=O) groups is 1. The molecule has 33 heavy (non-hydrogen) atoms. The fraction of sp³-hybridized carbons (Fsp3) is 0.174. The third-order valence-corrected chi connectivity index (χ3v) is 6.70. The molecule has 8 nitrogen and oxygen atoms in total. The van der Waals surface area contributed by atoms with Crippen molar-refractivity contribution in [3.05, 3.63) is 71.8 Å². The monoisotopic (exact) mass is 490 g/mol. The number of nitrogens with one attached hydrogen (secondary N) is 1. The summed E-state index contributed by atoms with van der Waals surface area (Å²) in [5.41, 5.74) is 0.734. The predicted octanol–water partition coefficient (Wildman–Crippen LogP) is 4.20. The van der Waals surface area contributed by atoms with Crippen LogP contribution in [0.2, 0.25) is 5.02 Å². The molecule has 0 saturated heterocycles. The van der Waals surface area contributed by atoms with Gasteiger partial charge in [0.1, 0.15) is 12.3 Å². The van der Waals surface area contributed by atoms with Crippen molar-refractivity contribution in [1.29, 1.82) is 0 Å². The van der Waals surface area contributed by atoms with Gasteiger partial charge in [-0.05, 0) is 54.6 Å². The molecule has 0 unspecified atom stereocenters. The number of anilines is 2. The zero-order valence-corrected chi connectivity index (χ0v) is 19.8. The molecule has 3 aromatic carbocycles. The highest BCUT2D eigenvalue weighted by molar-refractivity contribution is 7.92. The second-order valence-electron chi connectivity index (χ2n) is 6.79. The first-order valence-corrected chi connectivity index (χ1v) is 11.5. The van der Waals surface area contributed by atoms with Crippen LogP contribution in [0.1, 0.15) is 0 Å².